The Balaban J connectivity index is 2.05. The minimum atomic E-state index is -0.332. The van der Waals surface area contributed by atoms with Crippen LogP contribution in [0, 0.1) is 0 Å². The fraction of sp³-hybridized carbons (Fsp3) is 0.0667. The van der Waals surface area contributed by atoms with Gasteiger partial charge in [0.15, 0.2) is 0 Å². The number of aromatic hydroxyl groups is 1. The molecule has 0 heterocycles. The van der Waals surface area contributed by atoms with E-state index in [4.69, 9.17) is 4.74 Å². The van der Waals surface area contributed by atoms with Gasteiger partial charge in [0.2, 0.25) is 0 Å². The number of hydrazone groups is 1. The molecule has 0 saturated heterocycles. The number of methoxy groups -OCH3 is 1. The van der Waals surface area contributed by atoms with Crippen LogP contribution in [0.5, 0.6) is 11.5 Å². The summed E-state index contributed by atoms with van der Waals surface area (Å²) in [5.41, 5.74) is 3.34. The van der Waals surface area contributed by atoms with Crippen LogP contribution in [0.3, 0.4) is 0 Å². The van der Waals surface area contributed by atoms with E-state index in [-0.39, 0.29) is 11.7 Å². The topological polar surface area (TPSA) is 70.9 Å². The third-order valence-electron chi connectivity index (χ3n) is 2.71. The Morgan fingerprint density at radius 1 is 1.29 bits per heavy atom. The lowest BCUT2D eigenvalue weighted by Crippen LogP contribution is -2.17. The summed E-state index contributed by atoms with van der Waals surface area (Å²) >= 11 is 3.30. The summed E-state index contributed by atoms with van der Waals surface area (Å²) in [6, 6.07) is 11.6. The predicted molar refractivity (Wildman–Crippen MR) is 83.9 cm³/mol. The molecule has 0 aromatic heterocycles. The average Bonchev–Trinajstić information content (AvgIpc) is 2.49. The number of phenols is 1. The van der Waals surface area contributed by atoms with Gasteiger partial charge in [-0.05, 0) is 42.5 Å². The summed E-state index contributed by atoms with van der Waals surface area (Å²) in [5, 5.41) is 13.5. The average molecular weight is 349 g/mol. The maximum absolute atomic E-state index is 11.8. The SMILES string of the molecule is COc1ccc(O)c(C=NNC(=O)c2ccc(Br)cc2)c1. The molecule has 0 fully saturated rings. The molecular formula is C15H13BrN2O3. The van der Waals surface area contributed by atoms with E-state index in [1.165, 1.54) is 19.4 Å². The zero-order chi connectivity index (χ0) is 15.2. The number of nitrogens with one attached hydrogen (secondary N) is 1. The van der Waals surface area contributed by atoms with Gasteiger partial charge >= 0.3 is 0 Å². The van der Waals surface area contributed by atoms with Crippen LogP contribution >= 0.6 is 15.9 Å². The summed E-state index contributed by atoms with van der Waals surface area (Å²) in [4.78, 5) is 11.8. The van der Waals surface area contributed by atoms with Crippen LogP contribution in [-0.2, 0) is 0 Å². The van der Waals surface area contributed by atoms with Crippen molar-refractivity contribution in [2.24, 2.45) is 5.10 Å². The van der Waals surface area contributed by atoms with Gasteiger partial charge in [-0.25, -0.2) is 5.43 Å². The first-order valence-electron chi connectivity index (χ1n) is 6.06. The number of nitrogens with zero attached hydrogens (tertiary/aromatic N) is 1. The molecule has 0 aliphatic heterocycles. The maximum Gasteiger partial charge on any atom is 0.271 e. The van der Waals surface area contributed by atoms with Crippen molar-refractivity contribution in [1.82, 2.24) is 5.43 Å². The number of benzene rings is 2. The van der Waals surface area contributed by atoms with Crippen molar-refractivity contribution >= 4 is 28.1 Å². The second-order valence-electron chi connectivity index (χ2n) is 4.13. The number of hydrogen-bond acceptors (Lipinski definition) is 4. The highest BCUT2D eigenvalue weighted by atomic mass is 79.9. The largest absolute Gasteiger partial charge is 0.507 e. The molecule has 0 bridgehead atoms. The number of phenolic OH excluding ortho intramolecular Hbond substituents is 1. The number of halogens is 1. The molecule has 5 nitrogen and oxygen atoms in total. The molecule has 2 aromatic carbocycles. The number of amides is 1. The second-order valence-corrected chi connectivity index (χ2v) is 5.05. The fourth-order valence-corrected chi connectivity index (χ4v) is 1.85. The number of ether oxygens (including phenoxy) is 1. The van der Waals surface area contributed by atoms with Gasteiger partial charge in [0.25, 0.3) is 5.91 Å². The zero-order valence-corrected chi connectivity index (χ0v) is 12.8. The van der Waals surface area contributed by atoms with Gasteiger partial charge in [-0.2, -0.15) is 5.10 Å². The van der Waals surface area contributed by atoms with Gasteiger partial charge < -0.3 is 9.84 Å². The normalized spacial score (nSPS) is 10.6. The molecule has 0 aliphatic rings. The summed E-state index contributed by atoms with van der Waals surface area (Å²) in [6.45, 7) is 0. The Morgan fingerprint density at radius 3 is 2.67 bits per heavy atom. The van der Waals surface area contributed by atoms with Crippen molar-refractivity contribution in [3.8, 4) is 11.5 Å². The van der Waals surface area contributed by atoms with Crippen LogP contribution in [0.1, 0.15) is 15.9 Å². The van der Waals surface area contributed by atoms with Gasteiger partial charge in [-0.3, -0.25) is 4.79 Å². The smallest absolute Gasteiger partial charge is 0.271 e. The molecule has 1 amide bonds. The van der Waals surface area contributed by atoms with Crippen molar-refractivity contribution in [2.45, 2.75) is 0 Å². The third-order valence-corrected chi connectivity index (χ3v) is 3.24. The lowest BCUT2D eigenvalue weighted by Gasteiger charge is -2.03. The van der Waals surface area contributed by atoms with E-state index in [0.29, 0.717) is 16.9 Å². The molecular weight excluding hydrogens is 336 g/mol. The lowest BCUT2D eigenvalue weighted by atomic mass is 10.2. The second kappa shape index (κ2) is 6.90. The molecule has 6 heteroatoms. The third kappa shape index (κ3) is 4.06. The number of carbonyl (C=O) groups excluding carboxylic acids is 1. The van der Waals surface area contributed by atoms with E-state index in [2.05, 4.69) is 26.5 Å². The van der Waals surface area contributed by atoms with Gasteiger partial charge in [-0.1, -0.05) is 15.9 Å². The van der Waals surface area contributed by atoms with Gasteiger partial charge in [-0.15, -0.1) is 0 Å². The molecule has 0 saturated carbocycles. The molecule has 108 valence electrons. The van der Waals surface area contributed by atoms with E-state index in [1.807, 2.05) is 0 Å². The highest BCUT2D eigenvalue weighted by Crippen LogP contribution is 2.20. The maximum atomic E-state index is 11.8. The van der Waals surface area contributed by atoms with E-state index in [9.17, 15) is 9.90 Å². The summed E-state index contributed by atoms with van der Waals surface area (Å²) in [6.07, 6.45) is 1.36. The van der Waals surface area contributed by atoms with Crippen molar-refractivity contribution in [2.75, 3.05) is 7.11 Å². The molecule has 2 rings (SSSR count). The van der Waals surface area contributed by atoms with E-state index in [0.717, 1.165) is 4.47 Å². The van der Waals surface area contributed by atoms with Crippen LogP contribution in [0.25, 0.3) is 0 Å². The minimum absolute atomic E-state index is 0.0532. The fourth-order valence-electron chi connectivity index (χ4n) is 1.59. The molecule has 0 aliphatic carbocycles. The molecule has 21 heavy (non-hydrogen) atoms. The van der Waals surface area contributed by atoms with Gasteiger partial charge in [0, 0.05) is 15.6 Å². The molecule has 0 spiro atoms. The zero-order valence-electron chi connectivity index (χ0n) is 11.2. The van der Waals surface area contributed by atoms with Crippen LogP contribution < -0.4 is 10.2 Å². The van der Waals surface area contributed by atoms with E-state index in [1.54, 1.807) is 36.4 Å². The van der Waals surface area contributed by atoms with E-state index < -0.39 is 0 Å². The number of hydrogen-bond donors (Lipinski definition) is 2. The van der Waals surface area contributed by atoms with Crippen LogP contribution in [0.15, 0.2) is 52.0 Å². The molecule has 2 aromatic rings. The van der Waals surface area contributed by atoms with Crippen molar-refractivity contribution in [1.29, 1.82) is 0 Å². The first-order valence-corrected chi connectivity index (χ1v) is 6.85. The van der Waals surface area contributed by atoms with E-state index >= 15 is 0 Å². The van der Waals surface area contributed by atoms with Crippen LogP contribution in [0.2, 0.25) is 0 Å². The summed E-state index contributed by atoms with van der Waals surface area (Å²) in [5.74, 6) is 0.312. The first-order chi connectivity index (χ1) is 10.1. The number of carbonyl (C=O) groups is 1. The van der Waals surface area contributed by atoms with Crippen molar-refractivity contribution in [3.63, 3.8) is 0 Å². The Morgan fingerprint density at radius 2 is 2.00 bits per heavy atom. The monoisotopic (exact) mass is 348 g/mol. The highest BCUT2D eigenvalue weighted by Gasteiger charge is 2.04. The van der Waals surface area contributed by atoms with Gasteiger partial charge in [0.05, 0.1) is 13.3 Å². The highest BCUT2D eigenvalue weighted by molar-refractivity contribution is 9.10. The minimum Gasteiger partial charge on any atom is -0.507 e. The molecule has 0 unspecified atom stereocenters. The van der Waals surface area contributed by atoms with Crippen LogP contribution in [-0.4, -0.2) is 24.3 Å². The quantitative estimate of drug-likeness (QED) is 0.659. The predicted octanol–water partition coefficient (Wildman–Crippen LogP) is 2.93. The Bertz CT molecular complexity index is 669. The summed E-state index contributed by atoms with van der Waals surface area (Å²) in [7, 11) is 1.53. The standard InChI is InChI=1S/C15H13BrN2O3/c1-21-13-6-7-14(19)11(8-13)9-17-18-15(20)10-2-4-12(16)5-3-10/h2-9,19H,1H3,(H,18,20). The Labute approximate surface area is 130 Å². The van der Waals surface area contributed by atoms with Crippen LogP contribution in [0.4, 0.5) is 0 Å². The van der Waals surface area contributed by atoms with Gasteiger partial charge in [0.1, 0.15) is 11.5 Å². The Kier molecular flexibility index (Phi) is 4.94. The molecule has 0 atom stereocenters. The molecule has 0 radical (unpaired) electrons. The lowest BCUT2D eigenvalue weighted by molar-refractivity contribution is 0.0955. The summed E-state index contributed by atoms with van der Waals surface area (Å²) < 4.78 is 5.95. The first kappa shape index (κ1) is 15.1. The van der Waals surface area contributed by atoms with Crippen molar-refractivity contribution < 1.29 is 14.6 Å². The Hall–Kier alpha value is -2.34. The number of rotatable bonds is 4. The molecule has 2 N–H and O–H groups in total. The van der Waals surface area contributed by atoms with Crippen molar-refractivity contribution in [3.05, 3.63) is 58.1 Å².